The van der Waals surface area contributed by atoms with Crippen molar-refractivity contribution in [3.63, 3.8) is 0 Å². The number of piperidine rings is 1. The van der Waals surface area contributed by atoms with E-state index in [9.17, 15) is 9.59 Å². The molecule has 1 fully saturated rings. The van der Waals surface area contributed by atoms with Crippen LogP contribution in [0.4, 0.5) is 5.69 Å². The summed E-state index contributed by atoms with van der Waals surface area (Å²) in [4.78, 5) is 34.9. The van der Waals surface area contributed by atoms with E-state index in [4.69, 9.17) is 5.26 Å². The smallest absolute Gasteiger partial charge is 0.239 e. The molecule has 3 aromatic rings. The number of nitrogens with one attached hydrogen (secondary N) is 2. The van der Waals surface area contributed by atoms with Gasteiger partial charge in [0.1, 0.15) is 11.7 Å². The molecule has 0 aliphatic carbocycles. The normalized spacial score (nSPS) is 15.9. The summed E-state index contributed by atoms with van der Waals surface area (Å²) in [6.07, 6.45) is 4.40. The Morgan fingerprint density at radius 3 is 2.72 bits per heavy atom. The number of hydrogen-bond acceptors (Lipinski definition) is 4. The van der Waals surface area contributed by atoms with E-state index in [1.54, 1.807) is 23.2 Å². The maximum atomic E-state index is 12.8. The van der Waals surface area contributed by atoms with Gasteiger partial charge in [-0.1, -0.05) is 30.3 Å². The van der Waals surface area contributed by atoms with E-state index < -0.39 is 5.92 Å². The number of carbonyl (C=O) groups is 2. The van der Waals surface area contributed by atoms with Gasteiger partial charge in [-0.2, -0.15) is 5.26 Å². The van der Waals surface area contributed by atoms with E-state index in [1.165, 1.54) is 0 Å². The molecule has 1 aromatic heterocycles. The fraction of sp³-hybridized carbons (Fsp3) is 0.280. The summed E-state index contributed by atoms with van der Waals surface area (Å²) < 4.78 is 0. The van der Waals surface area contributed by atoms with Gasteiger partial charge in [-0.25, -0.2) is 4.98 Å². The number of imidazole rings is 1. The first kappa shape index (κ1) is 21.3. The van der Waals surface area contributed by atoms with Crippen LogP contribution in [-0.4, -0.2) is 34.9 Å². The predicted molar refractivity (Wildman–Crippen MR) is 121 cm³/mol. The van der Waals surface area contributed by atoms with Crippen molar-refractivity contribution in [3.05, 3.63) is 83.4 Å². The van der Waals surface area contributed by atoms with E-state index in [0.717, 1.165) is 29.2 Å². The van der Waals surface area contributed by atoms with Crippen LogP contribution in [0.5, 0.6) is 0 Å². The van der Waals surface area contributed by atoms with Gasteiger partial charge in [-0.05, 0) is 42.7 Å². The Morgan fingerprint density at radius 1 is 1.19 bits per heavy atom. The van der Waals surface area contributed by atoms with E-state index in [0.29, 0.717) is 37.9 Å². The number of hydrogen-bond donors (Lipinski definition) is 2. The number of aromatic nitrogens is 2. The van der Waals surface area contributed by atoms with Crippen LogP contribution >= 0.6 is 0 Å². The molecule has 1 atom stereocenters. The molecule has 0 bridgehead atoms. The highest BCUT2D eigenvalue weighted by Gasteiger charge is 2.34. The molecule has 0 saturated carbocycles. The third kappa shape index (κ3) is 5.03. The number of carbonyl (C=O) groups excluding carboxylic acids is 2. The van der Waals surface area contributed by atoms with Crippen LogP contribution in [0, 0.1) is 17.2 Å². The van der Waals surface area contributed by atoms with Crippen molar-refractivity contribution in [2.75, 3.05) is 18.0 Å². The minimum absolute atomic E-state index is 0.133. The number of H-pyrrole nitrogens is 1. The van der Waals surface area contributed by atoms with Crippen LogP contribution in [0.15, 0.2) is 60.8 Å². The van der Waals surface area contributed by atoms with E-state index >= 15 is 0 Å². The first-order valence-electron chi connectivity index (χ1n) is 10.8. The highest BCUT2D eigenvalue weighted by molar-refractivity contribution is 6.08. The summed E-state index contributed by atoms with van der Waals surface area (Å²) in [6, 6.07) is 19.0. The number of benzene rings is 2. The molecule has 7 nitrogen and oxygen atoms in total. The highest BCUT2D eigenvalue weighted by atomic mass is 16.2. The molecular formula is C25H25N5O2. The minimum atomic E-state index is -0.641. The Morgan fingerprint density at radius 2 is 1.97 bits per heavy atom. The topological polar surface area (TPSA) is 102 Å². The molecule has 1 aliphatic heterocycles. The van der Waals surface area contributed by atoms with Crippen LogP contribution in [0.25, 0.3) is 0 Å². The number of nitriles is 1. The summed E-state index contributed by atoms with van der Waals surface area (Å²) in [7, 11) is 0. The number of nitrogens with zero attached hydrogens (tertiary/aromatic N) is 3. The fourth-order valence-corrected chi connectivity index (χ4v) is 3.94. The zero-order chi connectivity index (χ0) is 22.3. The van der Waals surface area contributed by atoms with Gasteiger partial charge in [0, 0.05) is 43.5 Å². The summed E-state index contributed by atoms with van der Waals surface area (Å²) in [5, 5.41) is 11.8. The Kier molecular flexibility index (Phi) is 6.61. The van der Waals surface area contributed by atoms with Crippen LogP contribution in [0.3, 0.4) is 0 Å². The van der Waals surface area contributed by atoms with E-state index in [1.807, 2.05) is 42.5 Å². The fourth-order valence-electron chi connectivity index (χ4n) is 3.94. The molecule has 32 heavy (non-hydrogen) atoms. The molecule has 2 N–H and O–H groups in total. The maximum Gasteiger partial charge on any atom is 0.239 e. The summed E-state index contributed by atoms with van der Waals surface area (Å²) in [6.45, 7) is 1.08. The SMILES string of the molecule is N#Cc1ccc(Cc2ncc(CCNC(=O)C3CCCN(c4ccccc4)C3=O)[nH]2)cc1. The lowest BCUT2D eigenvalue weighted by atomic mass is 9.95. The van der Waals surface area contributed by atoms with Crippen LogP contribution in [0.1, 0.15) is 35.5 Å². The van der Waals surface area contributed by atoms with Gasteiger partial charge >= 0.3 is 0 Å². The number of amides is 2. The van der Waals surface area contributed by atoms with Crippen molar-refractivity contribution in [2.24, 2.45) is 5.92 Å². The number of rotatable bonds is 7. The second kappa shape index (κ2) is 9.92. The molecule has 162 valence electrons. The van der Waals surface area contributed by atoms with Gasteiger partial charge in [0.2, 0.25) is 11.8 Å². The van der Waals surface area contributed by atoms with Crippen molar-refractivity contribution in [3.8, 4) is 6.07 Å². The third-order valence-corrected chi connectivity index (χ3v) is 5.65. The Labute approximate surface area is 187 Å². The monoisotopic (exact) mass is 427 g/mol. The van der Waals surface area contributed by atoms with Gasteiger partial charge in [-0.3, -0.25) is 9.59 Å². The molecule has 2 heterocycles. The zero-order valence-corrected chi connectivity index (χ0v) is 17.8. The molecule has 2 amide bonds. The molecular weight excluding hydrogens is 402 g/mol. The molecule has 4 rings (SSSR count). The number of para-hydroxylation sites is 1. The van der Waals surface area contributed by atoms with Crippen molar-refractivity contribution in [1.82, 2.24) is 15.3 Å². The minimum Gasteiger partial charge on any atom is -0.355 e. The highest BCUT2D eigenvalue weighted by Crippen LogP contribution is 2.24. The quantitative estimate of drug-likeness (QED) is 0.566. The van der Waals surface area contributed by atoms with Gasteiger partial charge in [0.15, 0.2) is 0 Å². The molecule has 1 aliphatic rings. The van der Waals surface area contributed by atoms with Crippen LogP contribution in [0.2, 0.25) is 0 Å². The molecule has 1 saturated heterocycles. The summed E-state index contributed by atoms with van der Waals surface area (Å²) in [5.74, 6) is -0.159. The Bertz CT molecular complexity index is 1120. The largest absolute Gasteiger partial charge is 0.355 e. The van der Waals surface area contributed by atoms with Gasteiger partial charge in [-0.15, -0.1) is 0 Å². The van der Waals surface area contributed by atoms with Crippen molar-refractivity contribution < 1.29 is 9.59 Å². The molecule has 1 unspecified atom stereocenters. The molecule has 0 spiro atoms. The first-order valence-corrected chi connectivity index (χ1v) is 10.8. The molecule has 2 aromatic carbocycles. The second-order valence-electron chi connectivity index (χ2n) is 7.90. The average Bonchev–Trinajstić information content (AvgIpc) is 3.27. The average molecular weight is 428 g/mol. The lowest BCUT2D eigenvalue weighted by Gasteiger charge is -2.31. The summed E-state index contributed by atoms with van der Waals surface area (Å²) >= 11 is 0. The van der Waals surface area contributed by atoms with Crippen molar-refractivity contribution >= 4 is 17.5 Å². The lowest BCUT2D eigenvalue weighted by molar-refractivity contribution is -0.135. The predicted octanol–water partition coefficient (Wildman–Crippen LogP) is 2.97. The van der Waals surface area contributed by atoms with Gasteiger partial charge < -0.3 is 15.2 Å². The van der Waals surface area contributed by atoms with Crippen LogP contribution < -0.4 is 10.2 Å². The van der Waals surface area contributed by atoms with Crippen molar-refractivity contribution in [2.45, 2.75) is 25.7 Å². The Balaban J connectivity index is 1.27. The summed E-state index contributed by atoms with van der Waals surface area (Å²) in [5.41, 5.74) is 3.46. The lowest BCUT2D eigenvalue weighted by Crippen LogP contribution is -2.48. The van der Waals surface area contributed by atoms with Crippen molar-refractivity contribution in [1.29, 1.82) is 5.26 Å². The number of anilines is 1. The molecule has 0 radical (unpaired) electrons. The number of aromatic amines is 1. The van der Waals surface area contributed by atoms with E-state index in [2.05, 4.69) is 21.4 Å². The standard InChI is InChI=1S/C25H25N5O2/c26-16-19-10-8-18(9-11-19)15-23-28-17-20(29-23)12-13-27-24(31)22-7-4-14-30(25(22)32)21-5-2-1-3-6-21/h1-3,5-6,8-11,17,22H,4,7,12-15H2,(H,27,31)(H,28,29). The first-order chi connectivity index (χ1) is 15.6. The zero-order valence-electron chi connectivity index (χ0n) is 17.8. The maximum absolute atomic E-state index is 12.8. The second-order valence-corrected chi connectivity index (χ2v) is 7.90. The Hall–Kier alpha value is -3.92. The van der Waals surface area contributed by atoms with Crippen LogP contribution in [-0.2, 0) is 22.4 Å². The van der Waals surface area contributed by atoms with Gasteiger partial charge in [0.05, 0.1) is 11.6 Å². The van der Waals surface area contributed by atoms with E-state index in [-0.39, 0.29) is 11.8 Å². The van der Waals surface area contributed by atoms with Gasteiger partial charge in [0.25, 0.3) is 0 Å². The third-order valence-electron chi connectivity index (χ3n) is 5.65. The molecule has 7 heteroatoms.